The molecule has 0 aliphatic carbocycles. The van der Waals surface area contributed by atoms with Crippen molar-refractivity contribution in [3.05, 3.63) is 34.8 Å². The number of hydrogen-bond acceptors (Lipinski definition) is 4. The van der Waals surface area contributed by atoms with E-state index in [2.05, 4.69) is 21.9 Å². The van der Waals surface area contributed by atoms with Gasteiger partial charge in [0, 0.05) is 24.6 Å². The summed E-state index contributed by atoms with van der Waals surface area (Å²) in [6.45, 7) is 4.66. The molecule has 0 spiro atoms. The molecule has 0 aliphatic heterocycles. The first-order valence-electron chi connectivity index (χ1n) is 4.21. The smallest absolute Gasteiger partial charge is 0.251 e. The van der Waals surface area contributed by atoms with Crippen molar-refractivity contribution in [3.63, 3.8) is 0 Å². The largest absolute Gasteiger partial charge is 0.316 e. The van der Waals surface area contributed by atoms with Gasteiger partial charge in [0.1, 0.15) is 0 Å². The van der Waals surface area contributed by atoms with Crippen LogP contribution in [0.4, 0.5) is 0 Å². The Bertz CT molecular complexity index is 361. The van der Waals surface area contributed by atoms with Gasteiger partial charge in [-0.3, -0.25) is 4.79 Å². The maximum atomic E-state index is 10.9. The number of hydrogen-bond donors (Lipinski definition) is 2. The Hall–Kier alpha value is -1.07. The van der Waals surface area contributed by atoms with Crippen LogP contribution in [0.1, 0.15) is 0 Å². The Kier molecular flexibility index (Phi) is 4.42. The first-order valence-corrected chi connectivity index (χ1v) is 5.20. The Balaban J connectivity index is 2.46. The third kappa shape index (κ3) is 3.76. The number of likely N-dealkylation sites (N-methyl/N-ethyl adjacent to an activating group) is 1. The second-order valence-corrected chi connectivity index (χ2v) is 3.77. The van der Waals surface area contributed by atoms with Crippen molar-refractivity contribution in [3.8, 4) is 0 Å². The Morgan fingerprint density at radius 1 is 1.79 bits per heavy atom. The van der Waals surface area contributed by atoms with Crippen molar-refractivity contribution in [2.45, 2.75) is 5.16 Å². The van der Waals surface area contributed by atoms with Crippen LogP contribution in [-0.4, -0.2) is 29.3 Å². The average Bonchev–Trinajstić information content (AvgIpc) is 2.15. The van der Waals surface area contributed by atoms with E-state index in [9.17, 15) is 4.79 Å². The van der Waals surface area contributed by atoms with E-state index in [-0.39, 0.29) is 5.56 Å². The van der Waals surface area contributed by atoms with E-state index in [1.807, 2.05) is 7.05 Å². The van der Waals surface area contributed by atoms with Gasteiger partial charge in [-0.2, -0.15) is 0 Å². The summed E-state index contributed by atoms with van der Waals surface area (Å²) in [7, 11) is 1.87. The second-order valence-electron chi connectivity index (χ2n) is 2.81. The summed E-state index contributed by atoms with van der Waals surface area (Å²) < 4.78 is 0. The summed E-state index contributed by atoms with van der Waals surface area (Å²) in [5.41, 5.74) is 0.950. The molecule has 2 N–H and O–H groups in total. The summed E-state index contributed by atoms with van der Waals surface area (Å²) >= 11 is 1.48. The Labute approximate surface area is 86.8 Å². The van der Waals surface area contributed by atoms with Crippen molar-refractivity contribution in [1.29, 1.82) is 0 Å². The normalized spacial score (nSPS) is 10.1. The van der Waals surface area contributed by atoms with E-state index in [0.717, 1.165) is 17.9 Å². The lowest BCUT2D eigenvalue weighted by Gasteiger charge is -2.03. The summed E-state index contributed by atoms with van der Waals surface area (Å²) in [4.78, 5) is 17.6. The molecule has 1 aromatic heterocycles. The highest BCUT2D eigenvalue weighted by atomic mass is 32.2. The fourth-order valence-electron chi connectivity index (χ4n) is 0.897. The zero-order valence-electron chi connectivity index (χ0n) is 8.04. The first-order chi connectivity index (χ1) is 6.72. The molecule has 0 saturated carbocycles. The summed E-state index contributed by atoms with van der Waals surface area (Å²) in [5.74, 6) is 0.758. The molecular formula is C9H13N3OS. The van der Waals surface area contributed by atoms with Crippen LogP contribution in [0.5, 0.6) is 0 Å². The third-order valence-electron chi connectivity index (χ3n) is 1.49. The van der Waals surface area contributed by atoms with Crippen LogP contribution >= 0.6 is 11.8 Å². The van der Waals surface area contributed by atoms with Gasteiger partial charge >= 0.3 is 0 Å². The van der Waals surface area contributed by atoms with E-state index >= 15 is 0 Å². The van der Waals surface area contributed by atoms with Gasteiger partial charge in [0.25, 0.3) is 5.56 Å². The van der Waals surface area contributed by atoms with Crippen LogP contribution in [-0.2, 0) is 0 Å². The average molecular weight is 211 g/mol. The van der Waals surface area contributed by atoms with Gasteiger partial charge in [-0.15, -0.1) is 0 Å². The van der Waals surface area contributed by atoms with Crippen LogP contribution < -0.4 is 10.9 Å². The van der Waals surface area contributed by atoms with Gasteiger partial charge in [-0.1, -0.05) is 23.9 Å². The molecule has 1 aromatic rings. The van der Waals surface area contributed by atoms with Crippen molar-refractivity contribution >= 4 is 11.8 Å². The fraction of sp³-hybridized carbons (Fsp3) is 0.333. The maximum absolute atomic E-state index is 10.9. The standard InChI is InChI=1S/C9H13N3OS/c1-7(5-10-2)6-14-9-11-4-3-8(13)12-9/h3-4,10H,1,5-6H2,2H3,(H,11,12,13). The van der Waals surface area contributed by atoms with E-state index in [4.69, 9.17) is 0 Å². The summed E-state index contributed by atoms with van der Waals surface area (Å²) in [5, 5.41) is 3.64. The Morgan fingerprint density at radius 3 is 3.21 bits per heavy atom. The summed E-state index contributed by atoms with van der Waals surface area (Å²) in [6.07, 6.45) is 1.50. The zero-order chi connectivity index (χ0) is 10.4. The number of rotatable bonds is 5. The van der Waals surface area contributed by atoms with Crippen LogP contribution in [0.15, 0.2) is 34.4 Å². The van der Waals surface area contributed by atoms with Gasteiger partial charge in [0.05, 0.1) is 0 Å². The highest BCUT2D eigenvalue weighted by molar-refractivity contribution is 7.99. The van der Waals surface area contributed by atoms with Gasteiger partial charge in [-0.05, 0) is 7.05 Å². The van der Waals surface area contributed by atoms with Crippen molar-refractivity contribution in [2.24, 2.45) is 0 Å². The van der Waals surface area contributed by atoms with Crippen LogP contribution in [0, 0.1) is 0 Å². The highest BCUT2D eigenvalue weighted by Crippen LogP contribution is 2.12. The quantitative estimate of drug-likeness (QED) is 0.426. The SMILES string of the molecule is C=C(CNC)CSc1nccc(=O)[nH]1. The fourth-order valence-corrected chi connectivity index (χ4v) is 1.65. The molecule has 1 heterocycles. The first kappa shape index (κ1) is 11.0. The predicted molar refractivity (Wildman–Crippen MR) is 58.6 cm³/mol. The number of aromatic amines is 1. The second kappa shape index (κ2) is 5.62. The minimum Gasteiger partial charge on any atom is -0.316 e. The van der Waals surface area contributed by atoms with Crippen molar-refractivity contribution in [1.82, 2.24) is 15.3 Å². The van der Waals surface area contributed by atoms with E-state index < -0.39 is 0 Å². The molecular weight excluding hydrogens is 198 g/mol. The van der Waals surface area contributed by atoms with Crippen LogP contribution in [0.2, 0.25) is 0 Å². The third-order valence-corrected chi connectivity index (χ3v) is 2.52. The molecule has 5 heteroatoms. The zero-order valence-corrected chi connectivity index (χ0v) is 8.86. The minimum atomic E-state index is -0.123. The molecule has 0 fully saturated rings. The van der Waals surface area contributed by atoms with Crippen LogP contribution in [0.3, 0.4) is 0 Å². The lowest BCUT2D eigenvalue weighted by molar-refractivity contribution is 0.883. The minimum absolute atomic E-state index is 0.123. The van der Waals surface area contributed by atoms with Crippen molar-refractivity contribution in [2.75, 3.05) is 19.3 Å². The highest BCUT2D eigenvalue weighted by Gasteiger charge is 1.98. The summed E-state index contributed by atoms with van der Waals surface area (Å²) in [6, 6.07) is 1.40. The van der Waals surface area contributed by atoms with E-state index in [0.29, 0.717) is 5.16 Å². The number of aromatic nitrogens is 2. The molecule has 0 radical (unpaired) electrons. The van der Waals surface area contributed by atoms with Gasteiger partial charge < -0.3 is 10.3 Å². The monoisotopic (exact) mass is 211 g/mol. The van der Waals surface area contributed by atoms with Crippen molar-refractivity contribution < 1.29 is 0 Å². The van der Waals surface area contributed by atoms with Gasteiger partial charge in [0.2, 0.25) is 0 Å². The van der Waals surface area contributed by atoms with Crippen LogP contribution in [0.25, 0.3) is 0 Å². The molecule has 0 unspecified atom stereocenters. The Morgan fingerprint density at radius 2 is 2.57 bits per heavy atom. The molecule has 0 atom stereocenters. The molecule has 0 aromatic carbocycles. The molecule has 0 aliphatic rings. The molecule has 0 bridgehead atoms. The number of thioether (sulfide) groups is 1. The van der Waals surface area contributed by atoms with E-state index in [1.54, 1.807) is 0 Å². The maximum Gasteiger partial charge on any atom is 0.251 e. The molecule has 0 amide bonds. The van der Waals surface area contributed by atoms with Gasteiger partial charge in [-0.25, -0.2) is 4.98 Å². The lowest BCUT2D eigenvalue weighted by Crippen LogP contribution is -2.11. The molecule has 0 saturated heterocycles. The topological polar surface area (TPSA) is 57.8 Å². The molecule has 4 nitrogen and oxygen atoms in total. The number of nitrogens with zero attached hydrogens (tertiary/aromatic N) is 1. The predicted octanol–water partition coefficient (Wildman–Crippen LogP) is 0.638. The van der Waals surface area contributed by atoms with E-state index in [1.165, 1.54) is 24.0 Å². The lowest BCUT2D eigenvalue weighted by atomic mass is 10.3. The number of nitrogens with one attached hydrogen (secondary N) is 2. The number of H-pyrrole nitrogens is 1. The molecule has 1 rings (SSSR count). The van der Waals surface area contributed by atoms with Gasteiger partial charge in [0.15, 0.2) is 5.16 Å². The molecule has 14 heavy (non-hydrogen) atoms. The molecule has 76 valence electrons.